The molecule has 0 atom stereocenters. The Morgan fingerprint density at radius 1 is 0.792 bits per heavy atom. The van der Waals surface area contributed by atoms with Crippen molar-refractivity contribution in [2.24, 2.45) is 4.40 Å². The van der Waals surface area contributed by atoms with Crippen molar-refractivity contribution in [3.8, 4) is 0 Å². The molecule has 0 unspecified atom stereocenters. The standard InChI is InChI=1S/C16H8Cl3NO3S/c17-9-5-7-10(8-6-9)24(22,23)20-15-11-3-1-2-4-12(11)16(21)14(19)13(15)18/h1-8H. The molecule has 0 saturated carbocycles. The summed E-state index contributed by atoms with van der Waals surface area (Å²) in [6.45, 7) is 0. The number of carbonyl (C=O) groups excluding carboxylic acids is 1. The number of nitrogens with zero attached hydrogens (tertiary/aromatic N) is 1. The Morgan fingerprint density at radius 3 is 2.00 bits per heavy atom. The second-order valence-corrected chi connectivity index (χ2v) is 7.67. The van der Waals surface area contributed by atoms with Crippen LogP contribution in [0.4, 0.5) is 0 Å². The third kappa shape index (κ3) is 3.00. The van der Waals surface area contributed by atoms with Gasteiger partial charge in [0.05, 0.1) is 9.93 Å². The Morgan fingerprint density at radius 2 is 1.38 bits per heavy atom. The normalized spacial score (nSPS) is 16.5. The Balaban J connectivity index is 2.21. The molecule has 0 saturated heterocycles. The first-order valence-corrected chi connectivity index (χ1v) is 9.19. The second kappa shape index (κ2) is 6.33. The van der Waals surface area contributed by atoms with E-state index in [1.54, 1.807) is 18.2 Å². The fourth-order valence-electron chi connectivity index (χ4n) is 2.20. The van der Waals surface area contributed by atoms with E-state index in [0.29, 0.717) is 10.6 Å². The van der Waals surface area contributed by atoms with Gasteiger partial charge in [-0.05, 0) is 24.3 Å². The summed E-state index contributed by atoms with van der Waals surface area (Å²) in [5.41, 5.74) is 0.498. The highest BCUT2D eigenvalue weighted by atomic mass is 35.5. The molecule has 24 heavy (non-hydrogen) atoms. The van der Waals surface area contributed by atoms with Crippen LogP contribution in [0.25, 0.3) is 0 Å². The average Bonchev–Trinajstić information content (AvgIpc) is 2.57. The zero-order valence-corrected chi connectivity index (χ0v) is 14.9. The molecule has 0 radical (unpaired) electrons. The number of Topliss-reactive ketones (excluding diaryl/α,β-unsaturated/α-hetero) is 1. The van der Waals surface area contributed by atoms with E-state index < -0.39 is 15.8 Å². The number of hydrogen-bond donors (Lipinski definition) is 0. The SMILES string of the molecule is O=C1C(Cl)=C(Cl)C(=NS(=O)(=O)c2ccc(Cl)cc2)c2ccccc21. The minimum absolute atomic E-state index is 0.0469. The van der Waals surface area contributed by atoms with Crippen LogP contribution in [0.3, 0.4) is 0 Å². The topological polar surface area (TPSA) is 63.6 Å². The number of hydrogen-bond acceptors (Lipinski definition) is 3. The van der Waals surface area contributed by atoms with E-state index in [9.17, 15) is 13.2 Å². The fourth-order valence-corrected chi connectivity index (χ4v) is 3.81. The van der Waals surface area contributed by atoms with Crippen molar-refractivity contribution in [1.82, 2.24) is 0 Å². The van der Waals surface area contributed by atoms with Gasteiger partial charge in [-0.1, -0.05) is 59.1 Å². The van der Waals surface area contributed by atoms with E-state index >= 15 is 0 Å². The summed E-state index contributed by atoms with van der Waals surface area (Å²) < 4.78 is 28.8. The lowest BCUT2D eigenvalue weighted by Gasteiger charge is -2.17. The maximum Gasteiger partial charge on any atom is 0.282 e. The molecule has 0 N–H and O–H groups in total. The van der Waals surface area contributed by atoms with Crippen LogP contribution in [0.5, 0.6) is 0 Å². The number of halogens is 3. The molecule has 0 aliphatic heterocycles. The monoisotopic (exact) mass is 399 g/mol. The minimum atomic E-state index is -4.05. The first-order valence-electron chi connectivity index (χ1n) is 6.61. The molecule has 2 aromatic carbocycles. The van der Waals surface area contributed by atoms with E-state index in [1.165, 1.54) is 30.3 Å². The van der Waals surface area contributed by atoms with Crippen molar-refractivity contribution >= 4 is 56.3 Å². The van der Waals surface area contributed by atoms with Crippen LogP contribution >= 0.6 is 34.8 Å². The summed E-state index contributed by atoms with van der Waals surface area (Å²) >= 11 is 17.8. The molecule has 1 aliphatic carbocycles. The highest BCUT2D eigenvalue weighted by Crippen LogP contribution is 2.32. The van der Waals surface area contributed by atoms with Crippen LogP contribution < -0.4 is 0 Å². The van der Waals surface area contributed by atoms with Crippen molar-refractivity contribution in [2.75, 3.05) is 0 Å². The summed E-state index contributed by atoms with van der Waals surface area (Å²) in [5.74, 6) is -0.472. The summed E-state index contributed by atoms with van der Waals surface area (Å²) in [6.07, 6.45) is 0. The number of allylic oxidation sites excluding steroid dienone is 2. The smallest absolute Gasteiger partial charge is 0.282 e. The maximum absolute atomic E-state index is 12.5. The van der Waals surface area contributed by atoms with Gasteiger partial charge in [0.25, 0.3) is 10.0 Å². The molecular weight excluding hydrogens is 393 g/mol. The van der Waals surface area contributed by atoms with Crippen molar-refractivity contribution in [3.05, 3.63) is 74.7 Å². The van der Waals surface area contributed by atoms with Crippen LogP contribution in [0.15, 0.2) is 67.9 Å². The Bertz CT molecular complexity index is 1010. The third-order valence-corrected chi connectivity index (χ3v) is 5.72. The molecule has 0 amide bonds. The van der Waals surface area contributed by atoms with E-state index in [-0.39, 0.29) is 26.2 Å². The molecule has 122 valence electrons. The molecule has 8 heteroatoms. The van der Waals surface area contributed by atoms with E-state index in [2.05, 4.69) is 4.40 Å². The van der Waals surface area contributed by atoms with Crippen molar-refractivity contribution in [3.63, 3.8) is 0 Å². The van der Waals surface area contributed by atoms with Gasteiger partial charge in [-0.3, -0.25) is 4.79 Å². The van der Waals surface area contributed by atoms with Crippen molar-refractivity contribution in [1.29, 1.82) is 0 Å². The van der Waals surface area contributed by atoms with E-state index in [0.717, 1.165) is 0 Å². The van der Waals surface area contributed by atoms with Gasteiger partial charge in [0.15, 0.2) is 0 Å². The van der Waals surface area contributed by atoms with Crippen LogP contribution in [-0.2, 0) is 10.0 Å². The molecule has 0 aromatic heterocycles. The lowest BCUT2D eigenvalue weighted by molar-refractivity contribution is 0.104. The Hall–Kier alpha value is -1.66. The van der Waals surface area contributed by atoms with Crippen molar-refractivity contribution < 1.29 is 13.2 Å². The predicted octanol–water partition coefficient (Wildman–Crippen LogP) is 4.40. The van der Waals surface area contributed by atoms with Crippen LogP contribution in [0, 0.1) is 0 Å². The van der Waals surface area contributed by atoms with E-state index in [1.807, 2.05) is 0 Å². The van der Waals surface area contributed by atoms with Crippen LogP contribution in [-0.4, -0.2) is 19.9 Å². The number of sulfonamides is 1. The summed E-state index contributed by atoms with van der Waals surface area (Å²) in [5, 5.41) is -0.0606. The molecule has 2 aromatic rings. The quantitative estimate of drug-likeness (QED) is 0.750. The summed E-state index contributed by atoms with van der Waals surface area (Å²) in [7, 11) is -4.05. The summed E-state index contributed by atoms with van der Waals surface area (Å²) in [4.78, 5) is 12.1. The van der Waals surface area contributed by atoms with Gasteiger partial charge in [-0.25, -0.2) is 0 Å². The van der Waals surface area contributed by atoms with Crippen molar-refractivity contribution in [2.45, 2.75) is 4.90 Å². The maximum atomic E-state index is 12.5. The van der Waals surface area contributed by atoms with Gasteiger partial charge < -0.3 is 0 Å². The Labute approximate surface area is 153 Å². The van der Waals surface area contributed by atoms with Gasteiger partial charge in [-0.2, -0.15) is 12.8 Å². The molecule has 4 nitrogen and oxygen atoms in total. The van der Waals surface area contributed by atoms with Gasteiger partial charge in [0.1, 0.15) is 10.7 Å². The molecule has 3 rings (SSSR count). The highest BCUT2D eigenvalue weighted by Gasteiger charge is 2.30. The fraction of sp³-hybridized carbons (Fsp3) is 0. The summed E-state index contributed by atoms with van der Waals surface area (Å²) in [6, 6.07) is 11.9. The molecule has 1 aliphatic rings. The van der Waals surface area contributed by atoms with Gasteiger partial charge >= 0.3 is 0 Å². The van der Waals surface area contributed by atoms with Gasteiger partial charge in [-0.15, -0.1) is 0 Å². The van der Waals surface area contributed by atoms with Gasteiger partial charge in [0.2, 0.25) is 5.78 Å². The van der Waals surface area contributed by atoms with Gasteiger partial charge in [0, 0.05) is 16.1 Å². The molecular formula is C16H8Cl3NO3S. The highest BCUT2D eigenvalue weighted by molar-refractivity contribution is 7.90. The average molecular weight is 401 g/mol. The van der Waals surface area contributed by atoms with Crippen LogP contribution in [0.2, 0.25) is 5.02 Å². The second-order valence-electron chi connectivity index (χ2n) is 4.87. The minimum Gasteiger partial charge on any atom is -0.288 e. The number of rotatable bonds is 2. The molecule has 0 heterocycles. The number of benzene rings is 2. The lowest BCUT2D eigenvalue weighted by Crippen LogP contribution is -2.19. The number of carbonyl (C=O) groups is 1. The first kappa shape index (κ1) is 17.2. The van der Waals surface area contributed by atoms with Crippen LogP contribution in [0.1, 0.15) is 15.9 Å². The number of ketones is 1. The zero-order valence-electron chi connectivity index (χ0n) is 11.8. The lowest BCUT2D eigenvalue weighted by atomic mass is 9.94. The van der Waals surface area contributed by atoms with E-state index in [4.69, 9.17) is 34.8 Å². The molecule has 0 spiro atoms. The largest absolute Gasteiger partial charge is 0.288 e. The third-order valence-electron chi connectivity index (χ3n) is 3.35. The number of fused-ring (bicyclic) bond motifs is 1. The molecule has 0 fully saturated rings. The molecule has 0 bridgehead atoms. The Kier molecular flexibility index (Phi) is 4.53. The zero-order chi connectivity index (χ0) is 17.5. The first-order chi connectivity index (χ1) is 11.3. The predicted molar refractivity (Wildman–Crippen MR) is 94.7 cm³/mol.